The number of fused-ring (bicyclic) bond motifs is 1. The van der Waals surface area contributed by atoms with Gasteiger partial charge in [-0.2, -0.15) is 0 Å². The highest BCUT2D eigenvalue weighted by atomic mass is 32.1. The molecule has 2 rings (SSSR count). The highest BCUT2D eigenvalue weighted by Crippen LogP contribution is 2.21. The summed E-state index contributed by atoms with van der Waals surface area (Å²) in [5.74, 6) is 1.07. The summed E-state index contributed by atoms with van der Waals surface area (Å²) in [6, 6.07) is 4.31. The Hall–Kier alpha value is -1.42. The van der Waals surface area contributed by atoms with Gasteiger partial charge in [0.25, 0.3) is 0 Å². The molecular weight excluding hydrogens is 242 g/mol. The van der Waals surface area contributed by atoms with Crippen LogP contribution in [0.5, 0.6) is 0 Å². The molecule has 96 valence electrons. The third kappa shape index (κ3) is 2.38. The van der Waals surface area contributed by atoms with Crippen molar-refractivity contribution in [1.29, 1.82) is 0 Å². The number of thiocarbonyl (C=S) groups is 1. The van der Waals surface area contributed by atoms with Gasteiger partial charge < -0.3 is 10.3 Å². The molecule has 0 amide bonds. The van der Waals surface area contributed by atoms with Crippen molar-refractivity contribution in [3.8, 4) is 0 Å². The van der Waals surface area contributed by atoms with E-state index in [0.717, 1.165) is 29.7 Å². The zero-order chi connectivity index (χ0) is 13.3. The number of nitrogens with two attached hydrogens (primary N) is 1. The van der Waals surface area contributed by atoms with Gasteiger partial charge in [0.15, 0.2) is 0 Å². The number of benzene rings is 1. The minimum atomic E-state index is 0.505. The van der Waals surface area contributed by atoms with Crippen molar-refractivity contribution in [2.24, 2.45) is 5.73 Å². The second kappa shape index (κ2) is 5.06. The summed E-state index contributed by atoms with van der Waals surface area (Å²) in [7, 11) is 0. The van der Waals surface area contributed by atoms with E-state index < -0.39 is 0 Å². The molecule has 2 aromatic rings. The Morgan fingerprint density at radius 2 is 2.00 bits per heavy atom. The van der Waals surface area contributed by atoms with E-state index in [2.05, 4.69) is 37.5 Å². The first-order chi connectivity index (χ1) is 8.52. The summed E-state index contributed by atoms with van der Waals surface area (Å²) in [5, 5.41) is 0. The molecule has 0 saturated carbocycles. The lowest BCUT2D eigenvalue weighted by atomic mass is 10.1. The molecule has 2 N–H and O–H groups in total. The molecule has 4 heteroatoms. The van der Waals surface area contributed by atoms with Gasteiger partial charge in [0.05, 0.1) is 22.6 Å². The van der Waals surface area contributed by atoms with Crippen LogP contribution in [-0.2, 0) is 13.0 Å². The molecular formula is C14H19N3S. The zero-order valence-electron chi connectivity index (χ0n) is 11.2. The average molecular weight is 261 g/mol. The number of imidazole rings is 1. The lowest BCUT2D eigenvalue weighted by molar-refractivity contribution is 0.749. The monoisotopic (exact) mass is 261 g/mol. The molecule has 0 radical (unpaired) electrons. The van der Waals surface area contributed by atoms with Crippen molar-refractivity contribution in [3.05, 3.63) is 29.1 Å². The van der Waals surface area contributed by atoms with E-state index in [1.165, 1.54) is 11.1 Å². The molecule has 18 heavy (non-hydrogen) atoms. The Bertz CT molecular complexity index is 599. The van der Waals surface area contributed by atoms with E-state index >= 15 is 0 Å². The van der Waals surface area contributed by atoms with Gasteiger partial charge in [0, 0.05) is 6.42 Å². The number of hydrogen-bond donors (Lipinski definition) is 1. The summed E-state index contributed by atoms with van der Waals surface area (Å²) in [4.78, 5) is 5.21. The van der Waals surface area contributed by atoms with Crippen molar-refractivity contribution in [2.45, 2.75) is 40.2 Å². The minimum absolute atomic E-state index is 0.505. The van der Waals surface area contributed by atoms with Crippen LogP contribution in [0.25, 0.3) is 11.0 Å². The highest BCUT2D eigenvalue weighted by Gasteiger charge is 2.11. The summed E-state index contributed by atoms with van der Waals surface area (Å²) in [6.45, 7) is 6.96. The largest absolute Gasteiger partial charge is 0.392 e. The van der Waals surface area contributed by atoms with Gasteiger partial charge in [-0.05, 0) is 43.5 Å². The van der Waals surface area contributed by atoms with Crippen molar-refractivity contribution < 1.29 is 0 Å². The van der Waals surface area contributed by atoms with Gasteiger partial charge in [-0.25, -0.2) is 4.98 Å². The third-order valence-corrected chi connectivity index (χ3v) is 3.36. The minimum Gasteiger partial charge on any atom is -0.392 e. The van der Waals surface area contributed by atoms with Gasteiger partial charge >= 0.3 is 0 Å². The smallest absolute Gasteiger partial charge is 0.110 e. The maximum absolute atomic E-state index is 5.69. The number of aryl methyl sites for hydroxylation is 3. The Labute approximate surface area is 113 Å². The maximum Gasteiger partial charge on any atom is 0.110 e. The highest BCUT2D eigenvalue weighted by molar-refractivity contribution is 7.80. The zero-order valence-corrected chi connectivity index (χ0v) is 12.0. The molecule has 0 aliphatic rings. The van der Waals surface area contributed by atoms with Crippen LogP contribution in [0.1, 0.15) is 30.3 Å². The number of hydrogen-bond acceptors (Lipinski definition) is 2. The molecule has 0 bridgehead atoms. The second-order valence-corrected chi connectivity index (χ2v) is 5.28. The van der Waals surface area contributed by atoms with Crippen LogP contribution in [0.15, 0.2) is 12.1 Å². The van der Waals surface area contributed by atoms with Crippen molar-refractivity contribution >= 4 is 28.2 Å². The van der Waals surface area contributed by atoms with E-state index in [9.17, 15) is 0 Å². The first-order valence-corrected chi connectivity index (χ1v) is 6.68. The van der Waals surface area contributed by atoms with Crippen LogP contribution in [0, 0.1) is 13.8 Å². The van der Waals surface area contributed by atoms with E-state index in [1.807, 2.05) is 0 Å². The Balaban J connectivity index is 2.64. The fourth-order valence-electron chi connectivity index (χ4n) is 2.18. The summed E-state index contributed by atoms with van der Waals surface area (Å²) in [5.41, 5.74) is 10.4. The van der Waals surface area contributed by atoms with Crippen LogP contribution >= 0.6 is 12.2 Å². The fourth-order valence-corrected chi connectivity index (χ4v) is 2.31. The number of rotatable bonds is 4. The molecule has 0 unspecified atom stereocenters. The molecule has 0 fully saturated rings. The van der Waals surface area contributed by atoms with Crippen molar-refractivity contribution in [1.82, 2.24) is 9.55 Å². The fraction of sp³-hybridized carbons (Fsp3) is 0.429. The van der Waals surface area contributed by atoms with Gasteiger partial charge in [0.1, 0.15) is 5.82 Å². The van der Waals surface area contributed by atoms with E-state index in [-0.39, 0.29) is 0 Å². The van der Waals surface area contributed by atoms with Gasteiger partial charge in [-0.15, -0.1) is 0 Å². The van der Waals surface area contributed by atoms with Gasteiger partial charge in [-0.3, -0.25) is 0 Å². The predicted octanol–water partition coefficient (Wildman–Crippen LogP) is 2.89. The lowest BCUT2D eigenvalue weighted by Gasteiger charge is -2.08. The quantitative estimate of drug-likeness (QED) is 0.861. The van der Waals surface area contributed by atoms with Gasteiger partial charge in [-0.1, -0.05) is 19.1 Å². The number of aromatic nitrogens is 2. The molecule has 1 aromatic heterocycles. The Morgan fingerprint density at radius 3 is 2.61 bits per heavy atom. The molecule has 1 aromatic carbocycles. The molecule has 0 aliphatic heterocycles. The molecule has 0 aliphatic carbocycles. The average Bonchev–Trinajstić information content (AvgIpc) is 2.58. The van der Waals surface area contributed by atoms with E-state index in [0.29, 0.717) is 11.5 Å². The van der Waals surface area contributed by atoms with Gasteiger partial charge in [0.2, 0.25) is 0 Å². The lowest BCUT2D eigenvalue weighted by Crippen LogP contribution is -2.18. The standard InChI is InChI=1S/C14H19N3S/c1-4-5-14-16-11-6-9(2)10(3)7-12(11)17(14)8-13(15)18/h6-7H,4-5,8H2,1-3H3,(H2,15,18). The molecule has 0 spiro atoms. The van der Waals surface area contributed by atoms with Crippen molar-refractivity contribution in [3.63, 3.8) is 0 Å². The van der Waals surface area contributed by atoms with E-state index in [4.69, 9.17) is 22.9 Å². The van der Waals surface area contributed by atoms with Crippen molar-refractivity contribution in [2.75, 3.05) is 0 Å². The summed E-state index contributed by atoms with van der Waals surface area (Å²) >= 11 is 5.04. The first-order valence-electron chi connectivity index (χ1n) is 6.27. The molecule has 3 nitrogen and oxygen atoms in total. The van der Waals surface area contributed by atoms with E-state index in [1.54, 1.807) is 0 Å². The Kier molecular flexibility index (Phi) is 3.66. The Morgan fingerprint density at radius 1 is 1.33 bits per heavy atom. The SMILES string of the molecule is CCCc1nc2cc(C)c(C)cc2n1CC(N)=S. The van der Waals surface area contributed by atoms with Crippen LogP contribution in [-0.4, -0.2) is 14.5 Å². The topological polar surface area (TPSA) is 43.8 Å². The summed E-state index contributed by atoms with van der Waals surface area (Å²) in [6.07, 6.45) is 2.02. The normalized spacial score (nSPS) is 11.1. The molecule has 1 heterocycles. The van der Waals surface area contributed by atoms with Crippen LogP contribution in [0.3, 0.4) is 0 Å². The number of nitrogens with zero attached hydrogens (tertiary/aromatic N) is 2. The second-order valence-electron chi connectivity index (χ2n) is 4.76. The van der Waals surface area contributed by atoms with Crippen LogP contribution in [0.2, 0.25) is 0 Å². The van der Waals surface area contributed by atoms with Crippen LogP contribution < -0.4 is 5.73 Å². The third-order valence-electron chi connectivity index (χ3n) is 3.23. The first kappa shape index (κ1) is 13.0. The molecule has 0 saturated heterocycles. The predicted molar refractivity (Wildman–Crippen MR) is 80.0 cm³/mol. The van der Waals surface area contributed by atoms with Crippen LogP contribution in [0.4, 0.5) is 0 Å². The molecule has 0 atom stereocenters. The maximum atomic E-state index is 5.69. The summed E-state index contributed by atoms with van der Waals surface area (Å²) < 4.78 is 2.15.